The van der Waals surface area contributed by atoms with Crippen molar-refractivity contribution in [2.75, 3.05) is 13.2 Å². The molecule has 8 heteroatoms. The van der Waals surface area contributed by atoms with Crippen LogP contribution in [0.2, 0.25) is 0 Å². The molecule has 1 heterocycles. The highest BCUT2D eigenvalue weighted by Gasteiger charge is 2.31. The highest BCUT2D eigenvalue weighted by Crippen LogP contribution is 2.35. The molecule has 25 heavy (non-hydrogen) atoms. The Balaban J connectivity index is 1.92. The van der Waals surface area contributed by atoms with Crippen molar-refractivity contribution in [3.05, 3.63) is 53.6 Å². The van der Waals surface area contributed by atoms with Crippen LogP contribution < -0.4 is 14.2 Å². The molecule has 0 spiro atoms. The molecule has 1 aliphatic rings. The van der Waals surface area contributed by atoms with E-state index in [0.717, 1.165) is 12.1 Å². The highest BCUT2D eigenvalue weighted by molar-refractivity contribution is 7.89. The summed E-state index contributed by atoms with van der Waals surface area (Å²) in [6.45, 7) is 4.13. The Labute approximate surface area is 144 Å². The highest BCUT2D eigenvalue weighted by atomic mass is 32.2. The molecule has 2 aromatic rings. The van der Waals surface area contributed by atoms with Crippen molar-refractivity contribution < 1.29 is 26.7 Å². The molecule has 134 valence electrons. The van der Waals surface area contributed by atoms with E-state index in [1.54, 1.807) is 32.0 Å². The van der Waals surface area contributed by atoms with Gasteiger partial charge in [0.1, 0.15) is 29.7 Å². The maximum atomic E-state index is 13.9. The SMILES string of the molecule is CC(C)(NS(=O)(=O)c1ccc(F)cc1F)c1ccc2c(c1)OCCO2. The summed E-state index contributed by atoms with van der Waals surface area (Å²) in [5.41, 5.74) is -0.446. The number of rotatable bonds is 4. The summed E-state index contributed by atoms with van der Waals surface area (Å²) >= 11 is 0. The predicted molar refractivity (Wildman–Crippen MR) is 87.1 cm³/mol. The van der Waals surface area contributed by atoms with Crippen LogP contribution in [0.25, 0.3) is 0 Å². The van der Waals surface area contributed by atoms with E-state index in [2.05, 4.69) is 4.72 Å². The number of hydrogen-bond acceptors (Lipinski definition) is 4. The van der Waals surface area contributed by atoms with Gasteiger partial charge in [-0.25, -0.2) is 21.9 Å². The predicted octanol–water partition coefficient (Wildman–Crippen LogP) is 2.95. The summed E-state index contributed by atoms with van der Waals surface area (Å²) in [6, 6.07) is 7.40. The van der Waals surface area contributed by atoms with E-state index >= 15 is 0 Å². The zero-order chi connectivity index (χ0) is 18.2. The fourth-order valence-electron chi connectivity index (χ4n) is 2.58. The molecule has 3 rings (SSSR count). The lowest BCUT2D eigenvalue weighted by molar-refractivity contribution is 0.171. The summed E-state index contributed by atoms with van der Waals surface area (Å²) < 4.78 is 65.3. The summed E-state index contributed by atoms with van der Waals surface area (Å²) in [7, 11) is -4.20. The minimum absolute atomic E-state index is 0.406. The average Bonchev–Trinajstić information content (AvgIpc) is 2.53. The number of nitrogens with one attached hydrogen (secondary N) is 1. The van der Waals surface area contributed by atoms with E-state index in [0.29, 0.717) is 36.3 Å². The Hall–Kier alpha value is -2.19. The minimum atomic E-state index is -4.20. The summed E-state index contributed by atoms with van der Waals surface area (Å²) in [4.78, 5) is -0.612. The van der Waals surface area contributed by atoms with Crippen LogP contribution in [-0.4, -0.2) is 21.6 Å². The number of fused-ring (bicyclic) bond motifs is 1. The second-order valence-corrected chi connectivity index (χ2v) is 7.81. The van der Waals surface area contributed by atoms with Gasteiger partial charge in [-0.05, 0) is 43.7 Å². The van der Waals surface area contributed by atoms with Crippen LogP contribution in [0, 0.1) is 11.6 Å². The molecule has 0 fully saturated rings. The van der Waals surface area contributed by atoms with Crippen molar-refractivity contribution in [3.63, 3.8) is 0 Å². The first-order valence-corrected chi connectivity index (χ1v) is 9.06. The molecule has 0 saturated heterocycles. The van der Waals surface area contributed by atoms with E-state index in [1.165, 1.54) is 0 Å². The van der Waals surface area contributed by atoms with Crippen LogP contribution in [-0.2, 0) is 15.6 Å². The smallest absolute Gasteiger partial charge is 0.244 e. The van der Waals surface area contributed by atoms with Crippen LogP contribution in [0.3, 0.4) is 0 Å². The largest absolute Gasteiger partial charge is 0.486 e. The molecule has 2 aromatic carbocycles. The second-order valence-electron chi connectivity index (χ2n) is 6.16. The fourth-order valence-corrected chi connectivity index (χ4v) is 4.04. The quantitative estimate of drug-likeness (QED) is 0.900. The Morgan fingerprint density at radius 1 is 1.00 bits per heavy atom. The first kappa shape index (κ1) is 17.6. The van der Waals surface area contributed by atoms with Crippen LogP contribution >= 0.6 is 0 Å². The fraction of sp³-hybridized carbons (Fsp3) is 0.294. The lowest BCUT2D eigenvalue weighted by atomic mass is 9.95. The summed E-state index contributed by atoms with van der Waals surface area (Å²) in [6.07, 6.45) is 0. The van der Waals surface area contributed by atoms with Gasteiger partial charge in [-0.15, -0.1) is 0 Å². The van der Waals surface area contributed by atoms with E-state index in [9.17, 15) is 17.2 Å². The van der Waals surface area contributed by atoms with Crippen LogP contribution in [0.5, 0.6) is 11.5 Å². The van der Waals surface area contributed by atoms with Gasteiger partial charge < -0.3 is 9.47 Å². The monoisotopic (exact) mass is 369 g/mol. The van der Waals surface area contributed by atoms with Crippen molar-refractivity contribution >= 4 is 10.0 Å². The molecule has 5 nitrogen and oxygen atoms in total. The van der Waals surface area contributed by atoms with Gasteiger partial charge in [0.2, 0.25) is 10.0 Å². The van der Waals surface area contributed by atoms with Crippen molar-refractivity contribution in [2.24, 2.45) is 0 Å². The van der Waals surface area contributed by atoms with Crippen molar-refractivity contribution in [1.29, 1.82) is 0 Å². The van der Waals surface area contributed by atoms with Gasteiger partial charge in [0.05, 0.1) is 5.54 Å². The zero-order valence-electron chi connectivity index (χ0n) is 13.7. The molecule has 0 radical (unpaired) electrons. The van der Waals surface area contributed by atoms with Gasteiger partial charge in [-0.2, -0.15) is 0 Å². The lowest BCUT2D eigenvalue weighted by Crippen LogP contribution is -2.41. The molecule has 1 aliphatic heterocycles. The normalized spacial score (nSPS) is 14.4. The van der Waals surface area contributed by atoms with Crippen LogP contribution in [0.15, 0.2) is 41.3 Å². The molecule has 1 N–H and O–H groups in total. The van der Waals surface area contributed by atoms with Gasteiger partial charge in [-0.3, -0.25) is 0 Å². The standard InChI is InChI=1S/C17H17F2NO4S/c1-17(2,11-3-5-14-15(9-11)24-8-7-23-14)20-25(21,22)16-6-4-12(18)10-13(16)19/h3-6,9-10,20H,7-8H2,1-2H3. The Morgan fingerprint density at radius 3 is 2.36 bits per heavy atom. The average molecular weight is 369 g/mol. The maximum absolute atomic E-state index is 13.9. The minimum Gasteiger partial charge on any atom is -0.486 e. The van der Waals surface area contributed by atoms with Gasteiger partial charge in [0.25, 0.3) is 0 Å². The Morgan fingerprint density at radius 2 is 1.68 bits per heavy atom. The van der Waals surface area contributed by atoms with Crippen molar-refractivity contribution in [1.82, 2.24) is 4.72 Å². The Kier molecular flexibility index (Phi) is 4.42. The topological polar surface area (TPSA) is 64.6 Å². The number of benzene rings is 2. The van der Waals surface area contributed by atoms with Crippen molar-refractivity contribution in [3.8, 4) is 11.5 Å². The molecule has 0 saturated carbocycles. The van der Waals surface area contributed by atoms with E-state index in [1.807, 2.05) is 0 Å². The lowest BCUT2D eigenvalue weighted by Gasteiger charge is -2.28. The third-order valence-corrected chi connectivity index (χ3v) is 5.53. The van der Waals surface area contributed by atoms with Gasteiger partial charge >= 0.3 is 0 Å². The first-order chi connectivity index (χ1) is 11.7. The van der Waals surface area contributed by atoms with Crippen LogP contribution in [0.1, 0.15) is 19.4 Å². The first-order valence-electron chi connectivity index (χ1n) is 7.58. The maximum Gasteiger partial charge on any atom is 0.244 e. The molecular formula is C17H17F2NO4S. The van der Waals surface area contributed by atoms with E-state index < -0.39 is 32.1 Å². The molecule has 0 unspecified atom stereocenters. The molecule has 0 aromatic heterocycles. The van der Waals surface area contributed by atoms with Crippen molar-refractivity contribution in [2.45, 2.75) is 24.3 Å². The zero-order valence-corrected chi connectivity index (χ0v) is 14.5. The summed E-state index contributed by atoms with van der Waals surface area (Å²) in [5, 5.41) is 0. The molecule has 0 amide bonds. The molecule has 0 aliphatic carbocycles. The third kappa shape index (κ3) is 3.59. The third-order valence-electron chi connectivity index (χ3n) is 3.84. The number of sulfonamides is 1. The van der Waals surface area contributed by atoms with Crippen LogP contribution in [0.4, 0.5) is 8.78 Å². The van der Waals surface area contributed by atoms with Gasteiger partial charge in [0, 0.05) is 6.07 Å². The molecule has 0 atom stereocenters. The number of halogens is 2. The Bertz CT molecular complexity index is 913. The van der Waals surface area contributed by atoms with Gasteiger partial charge in [-0.1, -0.05) is 6.07 Å². The number of ether oxygens (including phenoxy) is 2. The summed E-state index contributed by atoms with van der Waals surface area (Å²) in [5.74, 6) is -0.893. The second kappa shape index (κ2) is 6.27. The van der Waals surface area contributed by atoms with E-state index in [4.69, 9.17) is 9.47 Å². The molecular weight excluding hydrogens is 352 g/mol. The van der Waals surface area contributed by atoms with Gasteiger partial charge in [0.15, 0.2) is 11.5 Å². The van der Waals surface area contributed by atoms with E-state index in [-0.39, 0.29) is 0 Å². The molecule has 0 bridgehead atoms. The number of hydrogen-bond donors (Lipinski definition) is 1.